The minimum Gasteiger partial charge on any atom is -0.356 e. The Bertz CT molecular complexity index is 1190. The number of piperidine rings is 1. The smallest absolute Gasteiger partial charge is 0.162 e. The Morgan fingerprint density at radius 3 is 2.39 bits per heavy atom. The van der Waals surface area contributed by atoms with Gasteiger partial charge in [0.05, 0.1) is 5.52 Å². The zero-order chi connectivity index (χ0) is 21.2. The first-order chi connectivity index (χ1) is 15.2. The summed E-state index contributed by atoms with van der Waals surface area (Å²) in [6, 6.07) is 24.9. The van der Waals surface area contributed by atoms with Crippen LogP contribution in [-0.2, 0) is 6.42 Å². The number of rotatable bonds is 4. The van der Waals surface area contributed by atoms with Crippen LogP contribution in [0.5, 0.6) is 0 Å². The summed E-state index contributed by atoms with van der Waals surface area (Å²) in [6.07, 6.45) is 3.47. The van der Waals surface area contributed by atoms with E-state index in [4.69, 9.17) is 21.6 Å². The third-order valence-corrected chi connectivity index (χ3v) is 6.79. The summed E-state index contributed by atoms with van der Waals surface area (Å²) in [4.78, 5) is 12.3. The second-order valence-corrected chi connectivity index (χ2v) is 9.51. The molecular weight excluding hydrogens is 470 g/mol. The molecule has 0 radical (unpaired) electrons. The molecule has 2 heterocycles. The normalized spacial score (nSPS) is 14.8. The van der Waals surface area contributed by atoms with E-state index in [2.05, 4.69) is 63.3 Å². The molecule has 3 aromatic carbocycles. The number of nitrogens with zero attached hydrogens (tertiary/aromatic N) is 3. The van der Waals surface area contributed by atoms with Crippen molar-refractivity contribution in [2.45, 2.75) is 19.3 Å². The number of hydrogen-bond donors (Lipinski definition) is 0. The number of aromatic nitrogens is 2. The summed E-state index contributed by atoms with van der Waals surface area (Å²) in [5, 5.41) is 1.74. The highest BCUT2D eigenvalue weighted by Crippen LogP contribution is 2.33. The molecule has 5 heteroatoms. The summed E-state index contributed by atoms with van der Waals surface area (Å²) in [7, 11) is 0. The molecule has 0 unspecified atom stereocenters. The number of fused-ring (bicyclic) bond motifs is 1. The van der Waals surface area contributed by atoms with Gasteiger partial charge in [-0.25, -0.2) is 9.97 Å². The Morgan fingerprint density at radius 1 is 0.903 bits per heavy atom. The Hall–Kier alpha value is -2.43. The summed E-state index contributed by atoms with van der Waals surface area (Å²) in [5.74, 6) is 2.45. The molecule has 0 atom stereocenters. The minimum absolute atomic E-state index is 0.710. The van der Waals surface area contributed by atoms with Gasteiger partial charge < -0.3 is 4.90 Å². The fourth-order valence-corrected chi connectivity index (χ4v) is 4.79. The van der Waals surface area contributed by atoms with Crippen LogP contribution < -0.4 is 4.90 Å². The van der Waals surface area contributed by atoms with E-state index in [0.29, 0.717) is 10.9 Å². The maximum Gasteiger partial charge on any atom is 0.162 e. The second-order valence-electron chi connectivity index (χ2n) is 8.16. The number of benzene rings is 3. The van der Waals surface area contributed by atoms with E-state index in [1.807, 2.05) is 30.3 Å². The molecule has 31 heavy (non-hydrogen) atoms. The maximum absolute atomic E-state index is 6.34. The van der Waals surface area contributed by atoms with E-state index in [1.54, 1.807) is 0 Å². The van der Waals surface area contributed by atoms with Crippen LogP contribution >= 0.6 is 27.5 Å². The molecule has 3 nitrogen and oxygen atoms in total. The fraction of sp³-hybridized carbons (Fsp3) is 0.231. The van der Waals surface area contributed by atoms with E-state index in [1.165, 1.54) is 5.56 Å². The van der Waals surface area contributed by atoms with Gasteiger partial charge in [0.1, 0.15) is 5.82 Å². The molecule has 1 aromatic heterocycles. The van der Waals surface area contributed by atoms with Crippen LogP contribution in [0.25, 0.3) is 22.3 Å². The molecule has 0 amide bonds. The van der Waals surface area contributed by atoms with E-state index >= 15 is 0 Å². The summed E-state index contributed by atoms with van der Waals surface area (Å²) < 4.78 is 1.05. The Balaban J connectivity index is 1.44. The quantitative estimate of drug-likeness (QED) is 0.302. The average molecular weight is 493 g/mol. The zero-order valence-corrected chi connectivity index (χ0v) is 19.5. The lowest BCUT2D eigenvalue weighted by molar-refractivity contribution is 0.403. The van der Waals surface area contributed by atoms with E-state index < -0.39 is 0 Å². The van der Waals surface area contributed by atoms with Crippen LogP contribution in [-0.4, -0.2) is 23.1 Å². The molecule has 156 valence electrons. The Kier molecular flexibility index (Phi) is 5.93. The topological polar surface area (TPSA) is 29.0 Å². The molecule has 4 aromatic rings. The van der Waals surface area contributed by atoms with Gasteiger partial charge >= 0.3 is 0 Å². The molecule has 0 aliphatic carbocycles. The first kappa shape index (κ1) is 20.5. The molecule has 1 saturated heterocycles. The summed E-state index contributed by atoms with van der Waals surface area (Å²) >= 11 is 9.85. The first-order valence-electron chi connectivity index (χ1n) is 10.7. The molecule has 5 rings (SSSR count). The van der Waals surface area contributed by atoms with Gasteiger partial charge in [0.2, 0.25) is 0 Å². The van der Waals surface area contributed by atoms with Gasteiger partial charge in [-0.05, 0) is 61.1 Å². The van der Waals surface area contributed by atoms with Crippen molar-refractivity contribution in [1.82, 2.24) is 9.97 Å². The van der Waals surface area contributed by atoms with Gasteiger partial charge in [-0.3, -0.25) is 0 Å². The van der Waals surface area contributed by atoms with E-state index in [0.717, 1.165) is 64.9 Å². The lowest BCUT2D eigenvalue weighted by Gasteiger charge is -2.33. The fourth-order valence-electron chi connectivity index (χ4n) is 4.35. The van der Waals surface area contributed by atoms with Crippen molar-refractivity contribution in [3.63, 3.8) is 0 Å². The van der Waals surface area contributed by atoms with Gasteiger partial charge in [-0.1, -0.05) is 70.0 Å². The van der Waals surface area contributed by atoms with E-state index in [-0.39, 0.29) is 0 Å². The van der Waals surface area contributed by atoms with Gasteiger partial charge in [0, 0.05) is 33.5 Å². The Morgan fingerprint density at radius 2 is 1.65 bits per heavy atom. The molecule has 1 fully saturated rings. The second kappa shape index (κ2) is 8.97. The van der Waals surface area contributed by atoms with Crippen molar-refractivity contribution in [3.8, 4) is 11.4 Å². The molecular formula is C26H23BrClN3. The largest absolute Gasteiger partial charge is 0.356 e. The average Bonchev–Trinajstić information content (AvgIpc) is 2.80. The predicted molar refractivity (Wildman–Crippen MR) is 133 cm³/mol. The van der Waals surface area contributed by atoms with Gasteiger partial charge in [-0.2, -0.15) is 0 Å². The SMILES string of the molecule is Clc1ccc2nc(-c3ccc(Br)cc3)nc(N3CCC(Cc4ccccc4)CC3)c2c1. The third kappa shape index (κ3) is 4.60. The monoisotopic (exact) mass is 491 g/mol. The highest BCUT2D eigenvalue weighted by atomic mass is 79.9. The van der Waals surface area contributed by atoms with E-state index in [9.17, 15) is 0 Å². The highest BCUT2D eigenvalue weighted by Gasteiger charge is 2.23. The van der Waals surface area contributed by atoms with Crippen molar-refractivity contribution in [1.29, 1.82) is 0 Å². The van der Waals surface area contributed by atoms with Crippen molar-refractivity contribution < 1.29 is 0 Å². The Labute approximate surface area is 196 Å². The lowest BCUT2D eigenvalue weighted by atomic mass is 9.90. The van der Waals surface area contributed by atoms with Crippen LogP contribution in [0.1, 0.15) is 18.4 Å². The molecule has 0 saturated carbocycles. The number of halogens is 2. The molecule has 0 spiro atoms. The standard InChI is InChI=1S/C26H23BrClN3/c27-21-8-6-20(7-9-21)25-29-24-11-10-22(28)17-23(24)26(30-25)31-14-12-19(13-15-31)16-18-4-2-1-3-5-18/h1-11,17,19H,12-16H2. The highest BCUT2D eigenvalue weighted by molar-refractivity contribution is 9.10. The summed E-state index contributed by atoms with van der Waals surface area (Å²) in [6.45, 7) is 1.99. The molecule has 0 bridgehead atoms. The maximum atomic E-state index is 6.34. The third-order valence-electron chi connectivity index (χ3n) is 6.02. The van der Waals surface area contributed by atoms with Crippen molar-refractivity contribution in [3.05, 3.63) is 87.9 Å². The molecule has 1 aliphatic heterocycles. The van der Waals surface area contributed by atoms with Crippen LogP contribution in [0.15, 0.2) is 77.3 Å². The predicted octanol–water partition coefficient (Wildman–Crippen LogP) is 7.17. The summed E-state index contributed by atoms with van der Waals surface area (Å²) in [5.41, 5.74) is 3.37. The zero-order valence-electron chi connectivity index (χ0n) is 17.1. The van der Waals surface area contributed by atoms with Crippen molar-refractivity contribution in [2.75, 3.05) is 18.0 Å². The van der Waals surface area contributed by atoms with Gasteiger partial charge in [0.25, 0.3) is 0 Å². The molecule has 1 aliphatic rings. The minimum atomic E-state index is 0.710. The van der Waals surface area contributed by atoms with Crippen molar-refractivity contribution in [2.24, 2.45) is 5.92 Å². The lowest BCUT2D eigenvalue weighted by Crippen LogP contribution is -2.35. The van der Waals surface area contributed by atoms with Crippen LogP contribution in [0.4, 0.5) is 5.82 Å². The van der Waals surface area contributed by atoms with Crippen molar-refractivity contribution >= 4 is 44.3 Å². The van der Waals surface area contributed by atoms with Gasteiger partial charge in [-0.15, -0.1) is 0 Å². The first-order valence-corrected chi connectivity index (χ1v) is 11.8. The van der Waals surface area contributed by atoms with Crippen LogP contribution in [0.3, 0.4) is 0 Å². The molecule has 0 N–H and O–H groups in total. The number of anilines is 1. The van der Waals surface area contributed by atoms with Crippen LogP contribution in [0.2, 0.25) is 5.02 Å². The number of hydrogen-bond acceptors (Lipinski definition) is 3. The van der Waals surface area contributed by atoms with Crippen LogP contribution in [0, 0.1) is 5.92 Å². The van der Waals surface area contributed by atoms with Gasteiger partial charge in [0.15, 0.2) is 5.82 Å².